The van der Waals surface area contributed by atoms with Gasteiger partial charge in [0.15, 0.2) is 0 Å². The Morgan fingerprint density at radius 1 is 0.464 bits per heavy atom. The van der Waals surface area contributed by atoms with Crippen LogP contribution in [-0.2, 0) is 42.4 Å². The minimum absolute atomic E-state index is 0.949. The fourth-order valence-electron chi connectivity index (χ4n) is 1.92. The number of hydrogen-bond acceptors (Lipinski definition) is 15. The fraction of sp³-hybridized carbons (Fsp3) is 1.00. The molecule has 0 spiro atoms. The Kier molecular flexibility index (Phi) is 8.65. The molecule has 0 saturated carbocycles. The lowest BCUT2D eigenvalue weighted by atomic mass is 11.8. The normalized spacial score (nSPS) is 49.3. The smallest absolute Gasteiger partial charge is 0.391 e. The zero-order valence-corrected chi connectivity index (χ0v) is 22.3. The highest BCUT2D eigenvalue weighted by Gasteiger charge is 2.66. The Bertz CT molecular complexity index is 455. The molecular weight excluding hydrogens is 493 g/mol. The van der Waals surface area contributed by atoms with Gasteiger partial charge in [-0.05, 0) is 0 Å². The summed E-state index contributed by atoms with van der Waals surface area (Å²) in [6.45, 7) is 3.32. The van der Waals surface area contributed by atoms with Crippen LogP contribution in [0.2, 0.25) is 19.6 Å². The van der Waals surface area contributed by atoms with Gasteiger partial charge in [0.25, 0.3) is 0 Å². The van der Waals surface area contributed by atoms with Crippen molar-refractivity contribution in [2.24, 2.45) is 0 Å². The molecule has 1 rings (SSSR count). The first kappa shape index (κ1) is 26.7. The molecule has 0 aromatic rings. The van der Waals surface area contributed by atoms with E-state index in [1.54, 1.807) is 0 Å². The molecule has 28 heavy (non-hydrogen) atoms. The minimum atomic E-state index is -4.88. The third-order valence-corrected chi connectivity index (χ3v) is 20.6. The van der Waals surface area contributed by atoms with Crippen LogP contribution >= 0.6 is 0 Å². The van der Waals surface area contributed by atoms with Gasteiger partial charge in [-0.1, -0.05) is 0 Å². The first-order valence-corrected chi connectivity index (χ1v) is 19.3. The van der Waals surface area contributed by atoms with E-state index in [4.69, 9.17) is 42.4 Å². The molecule has 0 radical (unpaired) electrons. The lowest BCUT2D eigenvalue weighted by molar-refractivity contribution is -0.0160. The molecule has 0 aromatic heterocycles. The Morgan fingerprint density at radius 2 is 0.786 bits per heavy atom. The van der Waals surface area contributed by atoms with Gasteiger partial charge < -0.3 is 66.4 Å². The maximum atomic E-state index is 10.5. The molecule has 0 bridgehead atoms. The molecule has 15 nitrogen and oxygen atoms in total. The average Bonchev–Trinajstić information content (AvgIpc) is 2.51. The highest BCUT2D eigenvalue weighted by Crippen LogP contribution is 2.28. The molecule has 1 heterocycles. The summed E-state index contributed by atoms with van der Waals surface area (Å²) in [6, 6.07) is 0. The Morgan fingerprint density at radius 3 is 1.11 bits per heavy atom. The first-order valence-electron chi connectivity index (χ1n) is 7.52. The van der Waals surface area contributed by atoms with Crippen LogP contribution < -0.4 is 0 Å². The maximum Gasteiger partial charge on any atom is 0.663 e. The summed E-state index contributed by atoms with van der Waals surface area (Å²) < 4.78 is 50.5. The van der Waals surface area contributed by atoms with Crippen LogP contribution in [-0.4, -0.2) is 106 Å². The van der Waals surface area contributed by atoms with E-state index in [1.165, 1.54) is 6.55 Å². The maximum absolute atomic E-state index is 10.5. The molecule has 1 saturated heterocycles. The van der Waals surface area contributed by atoms with E-state index < -0.39 is 53.6 Å². The second-order valence-electron chi connectivity index (χ2n) is 5.66. The van der Waals surface area contributed by atoms with E-state index in [2.05, 4.69) is 0 Å². The predicted molar refractivity (Wildman–Crippen MR) is 97.8 cm³/mol. The van der Waals surface area contributed by atoms with E-state index in [1.807, 2.05) is 0 Å². The van der Waals surface area contributed by atoms with Gasteiger partial charge in [0.1, 0.15) is 0 Å². The van der Waals surface area contributed by atoms with Crippen molar-refractivity contribution < 1.29 is 66.4 Å². The fourth-order valence-corrected chi connectivity index (χ4v) is 19.5. The van der Waals surface area contributed by atoms with Crippen molar-refractivity contribution in [2.75, 3.05) is 28.4 Å². The molecule has 0 aliphatic carbocycles. The highest BCUT2D eigenvalue weighted by atomic mass is 28.6. The quantitative estimate of drug-likeness (QED) is 0.232. The molecule has 168 valence electrons. The molecule has 6 atom stereocenters. The van der Waals surface area contributed by atoms with Crippen LogP contribution in [0.4, 0.5) is 0 Å². The molecule has 5 N–H and O–H groups in total. The van der Waals surface area contributed by atoms with Crippen LogP contribution in [0, 0.1) is 0 Å². The van der Waals surface area contributed by atoms with Crippen LogP contribution in [0.15, 0.2) is 0 Å². The summed E-state index contributed by atoms with van der Waals surface area (Å²) in [4.78, 5) is 52.4. The Hall–Kier alpha value is 0.701. The number of rotatable bonds is 4. The third kappa shape index (κ3) is 7.44. The standard InChI is InChI=1S/C7H26O15Si6/c1-13-25(7)17-23(5,8)18-27(11,15-3)22-28(12,16-4)20-24(6,9)19-26(10,14-2)21-25/h8-12H,1-7H3. The number of hydrogen-bond donors (Lipinski definition) is 5. The Labute approximate surface area is 168 Å². The second kappa shape index (κ2) is 9.06. The first-order chi connectivity index (χ1) is 12.5. The molecule has 0 amide bonds. The van der Waals surface area contributed by atoms with Gasteiger partial charge in [0.05, 0.1) is 0 Å². The molecular formula is C7H26O15Si6. The van der Waals surface area contributed by atoms with Crippen molar-refractivity contribution in [3.05, 3.63) is 0 Å². The van der Waals surface area contributed by atoms with Gasteiger partial charge in [0, 0.05) is 48.1 Å². The third-order valence-electron chi connectivity index (χ3n) is 3.05. The van der Waals surface area contributed by atoms with Gasteiger partial charge >= 0.3 is 53.6 Å². The summed E-state index contributed by atoms with van der Waals surface area (Å²) in [5.41, 5.74) is 0. The van der Waals surface area contributed by atoms with Crippen LogP contribution in [0.1, 0.15) is 0 Å². The molecule has 1 aliphatic heterocycles. The van der Waals surface area contributed by atoms with Gasteiger partial charge in [0.2, 0.25) is 0 Å². The topological polar surface area (TPSA) is 193 Å². The van der Waals surface area contributed by atoms with Crippen molar-refractivity contribution in [3.8, 4) is 0 Å². The summed E-state index contributed by atoms with van der Waals surface area (Å²) >= 11 is 0. The average molecular weight is 519 g/mol. The molecule has 0 aromatic carbocycles. The summed E-state index contributed by atoms with van der Waals surface area (Å²) in [5, 5.41) is 0. The van der Waals surface area contributed by atoms with E-state index in [0.717, 1.165) is 41.5 Å². The zero-order chi connectivity index (χ0) is 22.1. The summed E-state index contributed by atoms with van der Waals surface area (Å²) in [5.74, 6) is 0. The predicted octanol–water partition coefficient (Wildman–Crippen LogP) is -3.34. The van der Waals surface area contributed by atoms with E-state index in [9.17, 15) is 24.0 Å². The van der Waals surface area contributed by atoms with Gasteiger partial charge in [-0.15, -0.1) is 0 Å². The van der Waals surface area contributed by atoms with E-state index in [-0.39, 0.29) is 0 Å². The van der Waals surface area contributed by atoms with Crippen molar-refractivity contribution in [2.45, 2.75) is 19.6 Å². The Balaban J connectivity index is 3.46. The van der Waals surface area contributed by atoms with Crippen molar-refractivity contribution in [1.82, 2.24) is 0 Å². The summed E-state index contributed by atoms with van der Waals surface area (Å²) in [6.07, 6.45) is 0. The van der Waals surface area contributed by atoms with Crippen molar-refractivity contribution in [3.63, 3.8) is 0 Å². The van der Waals surface area contributed by atoms with Crippen molar-refractivity contribution in [1.29, 1.82) is 0 Å². The van der Waals surface area contributed by atoms with Gasteiger partial charge in [-0.2, -0.15) is 0 Å². The monoisotopic (exact) mass is 518 g/mol. The van der Waals surface area contributed by atoms with Crippen LogP contribution in [0.5, 0.6) is 0 Å². The molecule has 21 heteroatoms. The van der Waals surface area contributed by atoms with E-state index in [0.29, 0.717) is 0 Å². The largest absolute Gasteiger partial charge is 0.663 e. The SMILES string of the molecule is CO[Si]1(C)O[Si](C)(O)O[Si](O)(OC)O[Si](O)(OC)O[Si](C)(O)O[Si](O)(OC)O1. The lowest BCUT2D eigenvalue weighted by Crippen LogP contribution is -2.71. The van der Waals surface area contributed by atoms with Crippen LogP contribution in [0.3, 0.4) is 0 Å². The van der Waals surface area contributed by atoms with Crippen LogP contribution in [0.25, 0.3) is 0 Å². The van der Waals surface area contributed by atoms with Crippen molar-refractivity contribution >= 4 is 53.6 Å². The second-order valence-corrected chi connectivity index (χ2v) is 20.6. The highest BCUT2D eigenvalue weighted by molar-refractivity contribution is 6.85. The van der Waals surface area contributed by atoms with E-state index >= 15 is 0 Å². The van der Waals surface area contributed by atoms with Gasteiger partial charge in [-0.25, -0.2) is 0 Å². The lowest BCUT2D eigenvalue weighted by Gasteiger charge is -2.40. The minimum Gasteiger partial charge on any atom is -0.391 e. The summed E-state index contributed by atoms with van der Waals surface area (Å²) in [7, 11) is -23.1. The molecule has 6 unspecified atom stereocenters. The zero-order valence-electron chi connectivity index (χ0n) is 16.3. The van der Waals surface area contributed by atoms with Gasteiger partial charge in [-0.3, -0.25) is 0 Å². The molecule has 1 fully saturated rings. The molecule has 1 aliphatic rings.